The van der Waals surface area contributed by atoms with Crippen molar-refractivity contribution < 1.29 is 0 Å². The molecule has 5 heteroatoms. The van der Waals surface area contributed by atoms with E-state index in [1.165, 1.54) is 19.4 Å². The highest BCUT2D eigenvalue weighted by molar-refractivity contribution is 5.39. The molecular weight excluding hydrogens is 214 g/mol. The lowest BCUT2D eigenvalue weighted by atomic mass is 9.96. The van der Waals surface area contributed by atoms with Crippen molar-refractivity contribution in [1.29, 1.82) is 0 Å². The minimum absolute atomic E-state index is 0.483. The second-order valence-electron chi connectivity index (χ2n) is 4.99. The van der Waals surface area contributed by atoms with Gasteiger partial charge in [0.15, 0.2) is 0 Å². The Hall–Kier alpha value is -1.36. The van der Waals surface area contributed by atoms with Crippen LogP contribution < -0.4 is 10.6 Å². The summed E-state index contributed by atoms with van der Waals surface area (Å²) in [6.07, 6.45) is 5.84. The van der Waals surface area contributed by atoms with Crippen LogP contribution in [0.2, 0.25) is 0 Å². The Bertz CT molecular complexity index is 340. The number of anilines is 2. The van der Waals surface area contributed by atoms with Gasteiger partial charge in [0.25, 0.3) is 0 Å². The van der Waals surface area contributed by atoms with E-state index in [2.05, 4.69) is 33.9 Å². The quantitative estimate of drug-likeness (QED) is 0.841. The summed E-state index contributed by atoms with van der Waals surface area (Å²) in [4.78, 5) is 13.0. The highest BCUT2D eigenvalue weighted by Gasteiger charge is 2.20. The van der Waals surface area contributed by atoms with E-state index in [9.17, 15) is 0 Å². The van der Waals surface area contributed by atoms with Crippen molar-refractivity contribution in [2.75, 3.05) is 44.4 Å². The van der Waals surface area contributed by atoms with Crippen LogP contribution >= 0.6 is 0 Å². The fourth-order valence-corrected chi connectivity index (χ4v) is 2.36. The van der Waals surface area contributed by atoms with E-state index in [4.69, 9.17) is 5.73 Å². The molecule has 1 aliphatic rings. The molecule has 1 saturated heterocycles. The van der Waals surface area contributed by atoms with Gasteiger partial charge in [0.2, 0.25) is 0 Å². The summed E-state index contributed by atoms with van der Waals surface area (Å²) >= 11 is 0. The van der Waals surface area contributed by atoms with Gasteiger partial charge in [0, 0.05) is 19.6 Å². The molecule has 0 spiro atoms. The van der Waals surface area contributed by atoms with E-state index in [0.29, 0.717) is 5.82 Å². The SMILES string of the molecule is CN(C)CC1CCN(c2cnc(N)cn2)CC1. The molecule has 0 atom stereocenters. The van der Waals surface area contributed by atoms with Crippen LogP contribution in [0.4, 0.5) is 11.6 Å². The Balaban J connectivity index is 1.88. The number of piperidine rings is 1. The molecule has 0 amide bonds. The molecule has 1 aromatic rings. The fraction of sp³-hybridized carbons (Fsp3) is 0.667. The first kappa shape index (κ1) is 12.1. The Morgan fingerprint density at radius 2 is 2.00 bits per heavy atom. The van der Waals surface area contributed by atoms with Gasteiger partial charge in [-0.25, -0.2) is 9.97 Å². The third-order valence-electron chi connectivity index (χ3n) is 3.22. The third kappa shape index (κ3) is 3.30. The van der Waals surface area contributed by atoms with Crippen LogP contribution in [0, 0.1) is 5.92 Å². The van der Waals surface area contributed by atoms with E-state index in [1.807, 2.05) is 0 Å². The van der Waals surface area contributed by atoms with Gasteiger partial charge in [-0.3, -0.25) is 0 Å². The summed E-state index contributed by atoms with van der Waals surface area (Å²) in [5.74, 6) is 2.24. The van der Waals surface area contributed by atoms with Crippen LogP contribution in [-0.2, 0) is 0 Å². The standard InChI is InChI=1S/C12H21N5/c1-16(2)9-10-3-5-17(6-4-10)12-8-14-11(13)7-15-12/h7-8,10H,3-6,9H2,1-2H3,(H2,13,14). The van der Waals surface area contributed by atoms with Gasteiger partial charge in [0.1, 0.15) is 11.6 Å². The van der Waals surface area contributed by atoms with E-state index in [1.54, 1.807) is 12.4 Å². The number of nitrogens with zero attached hydrogens (tertiary/aromatic N) is 4. The molecule has 0 aromatic carbocycles. The molecule has 0 saturated carbocycles. The molecule has 2 rings (SSSR count). The maximum Gasteiger partial charge on any atom is 0.147 e. The van der Waals surface area contributed by atoms with Crippen molar-refractivity contribution in [3.05, 3.63) is 12.4 Å². The predicted octanol–water partition coefficient (Wildman–Crippen LogP) is 0.837. The first-order valence-electron chi connectivity index (χ1n) is 6.12. The smallest absolute Gasteiger partial charge is 0.147 e. The predicted molar refractivity (Wildman–Crippen MR) is 69.9 cm³/mol. The Morgan fingerprint density at radius 1 is 1.29 bits per heavy atom. The zero-order valence-electron chi connectivity index (χ0n) is 10.6. The molecule has 2 N–H and O–H groups in total. The highest BCUT2D eigenvalue weighted by Crippen LogP contribution is 2.21. The van der Waals surface area contributed by atoms with Crippen LogP contribution in [0.3, 0.4) is 0 Å². The lowest BCUT2D eigenvalue weighted by Gasteiger charge is -2.33. The normalized spacial score (nSPS) is 17.7. The summed E-state index contributed by atoms with van der Waals surface area (Å²) in [6.45, 7) is 3.31. The summed E-state index contributed by atoms with van der Waals surface area (Å²) in [5.41, 5.74) is 5.54. The zero-order chi connectivity index (χ0) is 12.3. The van der Waals surface area contributed by atoms with Gasteiger partial charge in [-0.15, -0.1) is 0 Å². The molecule has 1 fully saturated rings. The van der Waals surface area contributed by atoms with Crippen LogP contribution in [0.1, 0.15) is 12.8 Å². The fourth-order valence-electron chi connectivity index (χ4n) is 2.36. The van der Waals surface area contributed by atoms with Crippen LogP contribution in [-0.4, -0.2) is 48.6 Å². The van der Waals surface area contributed by atoms with Gasteiger partial charge in [-0.05, 0) is 32.9 Å². The zero-order valence-corrected chi connectivity index (χ0v) is 10.6. The van der Waals surface area contributed by atoms with E-state index < -0.39 is 0 Å². The van der Waals surface area contributed by atoms with Gasteiger partial charge in [0.05, 0.1) is 12.4 Å². The monoisotopic (exact) mass is 235 g/mol. The van der Waals surface area contributed by atoms with Crippen LogP contribution in [0.5, 0.6) is 0 Å². The van der Waals surface area contributed by atoms with Crippen molar-refractivity contribution in [1.82, 2.24) is 14.9 Å². The molecule has 17 heavy (non-hydrogen) atoms. The van der Waals surface area contributed by atoms with Gasteiger partial charge in [-0.2, -0.15) is 0 Å². The van der Waals surface area contributed by atoms with E-state index >= 15 is 0 Å². The number of rotatable bonds is 3. The van der Waals surface area contributed by atoms with E-state index in [-0.39, 0.29) is 0 Å². The summed E-state index contributed by atoms with van der Waals surface area (Å²) < 4.78 is 0. The van der Waals surface area contributed by atoms with Crippen molar-refractivity contribution in [3.8, 4) is 0 Å². The number of hydrogen-bond donors (Lipinski definition) is 1. The lowest BCUT2D eigenvalue weighted by Crippen LogP contribution is -2.37. The lowest BCUT2D eigenvalue weighted by molar-refractivity contribution is 0.284. The number of nitrogens with two attached hydrogens (primary N) is 1. The average Bonchev–Trinajstić information content (AvgIpc) is 2.30. The van der Waals surface area contributed by atoms with Crippen LogP contribution in [0.15, 0.2) is 12.4 Å². The Kier molecular flexibility index (Phi) is 3.78. The molecule has 0 bridgehead atoms. The molecule has 5 nitrogen and oxygen atoms in total. The highest BCUT2D eigenvalue weighted by atomic mass is 15.2. The first-order valence-corrected chi connectivity index (χ1v) is 6.12. The van der Waals surface area contributed by atoms with Gasteiger partial charge < -0.3 is 15.5 Å². The van der Waals surface area contributed by atoms with Gasteiger partial charge >= 0.3 is 0 Å². The molecule has 0 aliphatic carbocycles. The van der Waals surface area contributed by atoms with Crippen molar-refractivity contribution in [3.63, 3.8) is 0 Å². The van der Waals surface area contributed by atoms with Crippen molar-refractivity contribution in [2.24, 2.45) is 5.92 Å². The molecule has 2 heterocycles. The third-order valence-corrected chi connectivity index (χ3v) is 3.22. The molecular formula is C12H21N5. The number of aromatic nitrogens is 2. The number of nitrogen functional groups attached to an aromatic ring is 1. The summed E-state index contributed by atoms with van der Waals surface area (Å²) in [5, 5.41) is 0. The largest absolute Gasteiger partial charge is 0.382 e. The summed E-state index contributed by atoms with van der Waals surface area (Å²) in [7, 11) is 4.27. The molecule has 0 radical (unpaired) electrons. The molecule has 1 aromatic heterocycles. The average molecular weight is 235 g/mol. The topological polar surface area (TPSA) is 58.3 Å². The second-order valence-corrected chi connectivity index (χ2v) is 4.99. The first-order chi connectivity index (χ1) is 8.15. The van der Waals surface area contributed by atoms with E-state index in [0.717, 1.165) is 24.8 Å². The van der Waals surface area contributed by atoms with Crippen LogP contribution in [0.25, 0.3) is 0 Å². The maximum absolute atomic E-state index is 5.54. The van der Waals surface area contributed by atoms with Gasteiger partial charge in [-0.1, -0.05) is 0 Å². The molecule has 0 unspecified atom stereocenters. The minimum Gasteiger partial charge on any atom is -0.382 e. The molecule has 1 aliphatic heterocycles. The molecule has 94 valence electrons. The Morgan fingerprint density at radius 3 is 2.53 bits per heavy atom. The summed E-state index contributed by atoms with van der Waals surface area (Å²) in [6, 6.07) is 0. The maximum atomic E-state index is 5.54. The van der Waals surface area contributed by atoms with Crippen molar-refractivity contribution in [2.45, 2.75) is 12.8 Å². The minimum atomic E-state index is 0.483. The second kappa shape index (κ2) is 5.31. The number of hydrogen-bond acceptors (Lipinski definition) is 5. The van der Waals surface area contributed by atoms with Crippen molar-refractivity contribution >= 4 is 11.6 Å². The Labute approximate surface area is 103 Å².